The van der Waals surface area contributed by atoms with Crippen molar-refractivity contribution < 1.29 is 27.4 Å². The molecular formula is C27H28F4N8O2. The van der Waals surface area contributed by atoms with Gasteiger partial charge in [-0.2, -0.15) is 0 Å². The van der Waals surface area contributed by atoms with Crippen molar-refractivity contribution >= 4 is 22.7 Å². The van der Waals surface area contributed by atoms with Gasteiger partial charge in [-0.05, 0) is 37.0 Å². The number of fused-ring (bicyclic) bond motifs is 2. The average Bonchev–Trinajstić information content (AvgIpc) is 3.36. The van der Waals surface area contributed by atoms with Crippen molar-refractivity contribution in [3.63, 3.8) is 0 Å². The highest BCUT2D eigenvalue weighted by atomic mass is 19.3. The van der Waals surface area contributed by atoms with Crippen molar-refractivity contribution in [3.8, 4) is 17.0 Å². The number of halogens is 4. The van der Waals surface area contributed by atoms with Crippen LogP contribution in [0.15, 0.2) is 37.1 Å². The third kappa shape index (κ3) is 4.41. The summed E-state index contributed by atoms with van der Waals surface area (Å²) in [5.41, 5.74) is 13.0. The fourth-order valence-electron chi connectivity index (χ4n) is 6.16. The van der Waals surface area contributed by atoms with Crippen LogP contribution in [0.1, 0.15) is 31.2 Å². The molecular weight excluding hydrogens is 544 g/mol. The number of nitrogens with two attached hydrogens (primary N) is 2. The van der Waals surface area contributed by atoms with Gasteiger partial charge in [0.15, 0.2) is 23.0 Å². The van der Waals surface area contributed by atoms with Gasteiger partial charge in [0.2, 0.25) is 0 Å². The van der Waals surface area contributed by atoms with Gasteiger partial charge in [-0.25, -0.2) is 32.5 Å². The normalized spacial score (nSPS) is 23.9. The number of methoxy groups -OCH3 is 1. The van der Waals surface area contributed by atoms with Crippen LogP contribution in [0.2, 0.25) is 0 Å². The van der Waals surface area contributed by atoms with Gasteiger partial charge < -0.3 is 30.8 Å². The molecule has 2 fully saturated rings. The Labute approximate surface area is 232 Å². The molecule has 6 rings (SSSR count). The van der Waals surface area contributed by atoms with Crippen LogP contribution in [-0.4, -0.2) is 66.9 Å². The predicted octanol–water partition coefficient (Wildman–Crippen LogP) is 3.26. The van der Waals surface area contributed by atoms with Crippen LogP contribution in [0.25, 0.3) is 22.4 Å². The molecule has 4 aromatic rings. The quantitative estimate of drug-likeness (QED) is 0.307. The topological polar surface area (TPSA) is 141 Å². The molecule has 0 radical (unpaired) electrons. The lowest BCUT2D eigenvalue weighted by Gasteiger charge is -2.55. The number of nitrogens with zero attached hydrogens (tertiary/aromatic N) is 6. The first-order valence-corrected chi connectivity index (χ1v) is 13.1. The van der Waals surface area contributed by atoms with Gasteiger partial charge in [-0.1, -0.05) is 0 Å². The first-order valence-electron chi connectivity index (χ1n) is 13.1. The standard InChI is InChI=1S/C27H28F4N8O2/c1-41-20-9-16(28)15(8-17(20)29)18-7-14(11-38-13-37-22-23(32)35-12-36-24(22)38)19(10-34-18)39-6-2-4-26(33)21(39)3-5-27(30,31)25(26)40/h7-10,12-13,21,25,40H,2-6,11,33H2,1H3,(H2,32,35,36)/t21?,25-,26-/m1/s1. The van der Waals surface area contributed by atoms with Gasteiger partial charge in [0.25, 0.3) is 5.92 Å². The number of hydrogen-bond donors (Lipinski definition) is 3. The molecule has 10 nitrogen and oxygen atoms in total. The maximum absolute atomic E-state index is 15.0. The van der Waals surface area contributed by atoms with E-state index < -0.39 is 41.7 Å². The highest BCUT2D eigenvalue weighted by Gasteiger charge is 2.60. The number of anilines is 2. The molecule has 5 N–H and O–H groups in total. The van der Waals surface area contributed by atoms with Crippen molar-refractivity contribution in [3.05, 3.63) is 54.2 Å². The van der Waals surface area contributed by atoms with Crippen molar-refractivity contribution in [1.29, 1.82) is 0 Å². The number of alkyl halides is 2. The number of hydrogen-bond acceptors (Lipinski definition) is 9. The Bertz CT molecular complexity index is 1630. The van der Waals surface area contributed by atoms with Crippen molar-refractivity contribution in [2.75, 3.05) is 24.3 Å². The zero-order valence-corrected chi connectivity index (χ0v) is 22.1. The number of pyridine rings is 1. The largest absolute Gasteiger partial charge is 0.494 e. The smallest absolute Gasteiger partial charge is 0.275 e. The minimum atomic E-state index is -3.30. The summed E-state index contributed by atoms with van der Waals surface area (Å²) < 4.78 is 65.3. The van der Waals surface area contributed by atoms with E-state index in [2.05, 4.69) is 19.9 Å². The van der Waals surface area contributed by atoms with Crippen LogP contribution in [0.3, 0.4) is 0 Å². The number of ether oxygens (including phenoxy) is 1. The molecule has 1 aliphatic heterocycles. The first-order chi connectivity index (χ1) is 19.5. The third-order valence-corrected chi connectivity index (χ3v) is 8.23. The Kier molecular flexibility index (Phi) is 6.49. The Morgan fingerprint density at radius 3 is 2.68 bits per heavy atom. The van der Waals surface area contributed by atoms with Crippen LogP contribution in [-0.2, 0) is 6.54 Å². The number of benzene rings is 1. The predicted molar refractivity (Wildman–Crippen MR) is 142 cm³/mol. The van der Waals surface area contributed by atoms with E-state index in [-0.39, 0.29) is 42.2 Å². The summed E-state index contributed by atoms with van der Waals surface area (Å²) in [6.45, 7) is 0.624. The second kappa shape index (κ2) is 9.80. The molecule has 1 unspecified atom stereocenters. The summed E-state index contributed by atoms with van der Waals surface area (Å²) in [4.78, 5) is 18.9. The van der Waals surface area contributed by atoms with Crippen LogP contribution < -0.4 is 21.1 Å². The van der Waals surface area contributed by atoms with Crippen LogP contribution in [0.4, 0.5) is 29.1 Å². The van der Waals surface area contributed by atoms with Crippen LogP contribution in [0, 0.1) is 11.6 Å². The number of aromatic nitrogens is 5. The van der Waals surface area contributed by atoms with Gasteiger partial charge in [0.05, 0.1) is 43.1 Å². The van der Waals surface area contributed by atoms with Gasteiger partial charge in [0, 0.05) is 30.6 Å². The number of imidazole rings is 1. The summed E-state index contributed by atoms with van der Waals surface area (Å²) in [5, 5.41) is 10.6. The number of aliphatic hydroxyl groups is 1. The molecule has 1 aliphatic carbocycles. The molecule has 3 aromatic heterocycles. The van der Waals surface area contributed by atoms with E-state index in [1.165, 1.54) is 26.0 Å². The SMILES string of the molecule is COc1cc(F)c(-c2cc(Cn3cnc4c(N)ncnc43)c(N3CCC[C@@]4(N)C3CCC(F)(F)[C@@H]4O)cn2)cc1F. The van der Waals surface area contributed by atoms with Gasteiger partial charge in [-0.15, -0.1) is 0 Å². The Morgan fingerprint density at radius 2 is 1.90 bits per heavy atom. The van der Waals surface area contributed by atoms with E-state index in [9.17, 15) is 18.3 Å². The summed E-state index contributed by atoms with van der Waals surface area (Å²) in [7, 11) is 1.24. The van der Waals surface area contributed by atoms with E-state index >= 15 is 4.39 Å². The molecule has 0 bridgehead atoms. The summed E-state index contributed by atoms with van der Waals surface area (Å²) in [5.74, 6) is -4.85. The summed E-state index contributed by atoms with van der Waals surface area (Å²) >= 11 is 0. The van der Waals surface area contributed by atoms with Crippen molar-refractivity contribution in [1.82, 2.24) is 24.5 Å². The lowest BCUT2D eigenvalue weighted by atomic mass is 9.68. The lowest BCUT2D eigenvalue weighted by Crippen LogP contribution is -2.74. The number of rotatable bonds is 5. The molecule has 0 amide bonds. The molecule has 14 heteroatoms. The molecule has 1 aromatic carbocycles. The van der Waals surface area contributed by atoms with Crippen LogP contribution in [0.5, 0.6) is 5.75 Å². The molecule has 1 saturated heterocycles. The fourth-order valence-corrected chi connectivity index (χ4v) is 6.16. The van der Waals surface area contributed by atoms with Gasteiger partial charge in [-0.3, -0.25) is 4.98 Å². The molecule has 3 atom stereocenters. The molecule has 2 aliphatic rings. The number of aliphatic hydroxyl groups excluding tert-OH is 1. The fraction of sp³-hybridized carbons (Fsp3) is 0.407. The average molecular weight is 573 g/mol. The first kappa shape index (κ1) is 27.1. The van der Waals surface area contributed by atoms with Gasteiger partial charge in [0.1, 0.15) is 23.8 Å². The van der Waals surface area contributed by atoms with E-state index in [4.69, 9.17) is 16.2 Å². The number of piperidine rings is 1. The van der Waals surface area contributed by atoms with E-state index in [0.717, 1.165) is 12.1 Å². The Hall–Kier alpha value is -4.04. The summed E-state index contributed by atoms with van der Waals surface area (Å²) in [6.07, 6.45) is 2.54. The zero-order chi connectivity index (χ0) is 29.1. The van der Waals surface area contributed by atoms with Crippen molar-refractivity contribution in [2.45, 2.75) is 55.8 Å². The maximum Gasteiger partial charge on any atom is 0.275 e. The van der Waals surface area contributed by atoms with E-state index in [0.29, 0.717) is 35.4 Å². The highest BCUT2D eigenvalue weighted by Crippen LogP contribution is 2.46. The van der Waals surface area contributed by atoms with Crippen molar-refractivity contribution in [2.24, 2.45) is 5.73 Å². The Balaban J connectivity index is 1.48. The molecule has 216 valence electrons. The Morgan fingerprint density at radius 1 is 1.10 bits per heavy atom. The molecule has 1 saturated carbocycles. The summed E-state index contributed by atoms with van der Waals surface area (Å²) in [6, 6.07) is 2.95. The van der Waals surface area contributed by atoms with Crippen LogP contribution >= 0.6 is 0 Å². The van der Waals surface area contributed by atoms with E-state index in [1.54, 1.807) is 10.6 Å². The minimum absolute atomic E-state index is 0.0534. The minimum Gasteiger partial charge on any atom is -0.494 e. The highest BCUT2D eigenvalue weighted by molar-refractivity contribution is 5.81. The second-order valence-corrected chi connectivity index (χ2v) is 10.6. The van der Waals surface area contributed by atoms with E-state index in [1.807, 2.05) is 4.90 Å². The molecule has 4 heterocycles. The molecule has 0 spiro atoms. The lowest BCUT2D eigenvalue weighted by molar-refractivity contribution is -0.172. The zero-order valence-electron chi connectivity index (χ0n) is 22.1. The molecule has 41 heavy (non-hydrogen) atoms. The number of nitrogen functional groups attached to an aromatic ring is 1. The third-order valence-electron chi connectivity index (χ3n) is 8.23. The van der Waals surface area contributed by atoms with Gasteiger partial charge >= 0.3 is 0 Å². The monoisotopic (exact) mass is 572 g/mol. The maximum atomic E-state index is 15.0. The second-order valence-electron chi connectivity index (χ2n) is 10.6.